The van der Waals surface area contributed by atoms with Gasteiger partial charge >= 0.3 is 6.03 Å². The SMILES string of the molecule is O=C(Nc1ccc(S(=O)(=O)NCc2ccccc2)cc1)Nc1cccc(Cl)c1. The van der Waals surface area contributed by atoms with Crippen molar-refractivity contribution in [3.05, 3.63) is 89.4 Å². The standard InChI is InChI=1S/C20H18ClN3O3S/c21-16-7-4-8-18(13-16)24-20(25)23-17-9-11-19(12-10-17)28(26,27)22-14-15-5-2-1-3-6-15/h1-13,22H,14H2,(H2,23,24,25). The lowest BCUT2D eigenvalue weighted by Crippen LogP contribution is -2.23. The third-order valence-corrected chi connectivity index (χ3v) is 5.47. The number of hydrogen-bond donors (Lipinski definition) is 3. The first-order chi connectivity index (χ1) is 13.4. The second kappa shape index (κ2) is 8.88. The monoisotopic (exact) mass is 415 g/mol. The summed E-state index contributed by atoms with van der Waals surface area (Å²) in [6, 6.07) is 21.4. The number of rotatable bonds is 6. The molecular weight excluding hydrogens is 398 g/mol. The first-order valence-electron chi connectivity index (χ1n) is 8.40. The highest BCUT2D eigenvalue weighted by Gasteiger charge is 2.14. The predicted molar refractivity (Wildman–Crippen MR) is 111 cm³/mol. The minimum atomic E-state index is -3.65. The Labute approximate surface area is 168 Å². The van der Waals surface area contributed by atoms with Crippen LogP contribution in [-0.2, 0) is 16.6 Å². The second-order valence-electron chi connectivity index (χ2n) is 5.92. The van der Waals surface area contributed by atoms with Gasteiger partial charge in [0.2, 0.25) is 10.0 Å². The van der Waals surface area contributed by atoms with E-state index < -0.39 is 16.1 Å². The van der Waals surface area contributed by atoms with E-state index in [-0.39, 0.29) is 11.4 Å². The number of amides is 2. The van der Waals surface area contributed by atoms with Gasteiger partial charge in [-0.1, -0.05) is 48.0 Å². The Hall–Kier alpha value is -2.87. The first kappa shape index (κ1) is 19.9. The molecule has 0 aliphatic rings. The van der Waals surface area contributed by atoms with Gasteiger partial charge in [-0.3, -0.25) is 0 Å². The fourth-order valence-electron chi connectivity index (χ4n) is 2.43. The molecule has 0 radical (unpaired) electrons. The normalized spacial score (nSPS) is 11.0. The summed E-state index contributed by atoms with van der Waals surface area (Å²) in [7, 11) is -3.65. The number of urea groups is 1. The van der Waals surface area contributed by atoms with Gasteiger partial charge in [-0.25, -0.2) is 17.9 Å². The highest BCUT2D eigenvalue weighted by atomic mass is 35.5. The van der Waals surface area contributed by atoms with Gasteiger partial charge in [-0.05, 0) is 48.0 Å². The van der Waals surface area contributed by atoms with Crippen LogP contribution in [0.4, 0.5) is 16.2 Å². The zero-order valence-corrected chi connectivity index (χ0v) is 16.3. The molecular formula is C20H18ClN3O3S. The highest BCUT2D eigenvalue weighted by Crippen LogP contribution is 2.17. The van der Waals surface area contributed by atoms with E-state index in [0.29, 0.717) is 16.4 Å². The van der Waals surface area contributed by atoms with Crippen molar-refractivity contribution in [3.63, 3.8) is 0 Å². The Morgan fingerprint density at radius 2 is 1.50 bits per heavy atom. The number of hydrogen-bond acceptors (Lipinski definition) is 3. The van der Waals surface area contributed by atoms with Crippen LogP contribution in [0, 0.1) is 0 Å². The lowest BCUT2D eigenvalue weighted by Gasteiger charge is -2.10. The van der Waals surface area contributed by atoms with Gasteiger partial charge < -0.3 is 10.6 Å². The smallest absolute Gasteiger partial charge is 0.308 e. The fraction of sp³-hybridized carbons (Fsp3) is 0.0500. The molecule has 0 saturated heterocycles. The summed E-state index contributed by atoms with van der Waals surface area (Å²) in [5.74, 6) is 0. The van der Waals surface area contributed by atoms with Crippen molar-refractivity contribution in [1.82, 2.24) is 4.72 Å². The van der Waals surface area contributed by atoms with E-state index in [2.05, 4.69) is 15.4 Å². The molecule has 0 aromatic heterocycles. The minimum absolute atomic E-state index is 0.115. The van der Waals surface area contributed by atoms with Gasteiger partial charge in [0.15, 0.2) is 0 Å². The van der Waals surface area contributed by atoms with Crippen molar-refractivity contribution in [2.24, 2.45) is 0 Å². The first-order valence-corrected chi connectivity index (χ1v) is 10.3. The third kappa shape index (κ3) is 5.56. The largest absolute Gasteiger partial charge is 0.323 e. The number of benzene rings is 3. The molecule has 144 valence electrons. The maximum atomic E-state index is 12.4. The molecule has 0 fully saturated rings. The fourth-order valence-corrected chi connectivity index (χ4v) is 3.64. The predicted octanol–water partition coefficient (Wildman–Crippen LogP) is 4.46. The molecule has 0 aliphatic heterocycles. The van der Waals surface area contributed by atoms with Gasteiger partial charge in [0.05, 0.1) is 4.90 Å². The molecule has 6 nitrogen and oxygen atoms in total. The topological polar surface area (TPSA) is 87.3 Å². The van der Waals surface area contributed by atoms with E-state index in [0.717, 1.165) is 5.56 Å². The van der Waals surface area contributed by atoms with Crippen molar-refractivity contribution in [1.29, 1.82) is 0 Å². The van der Waals surface area contributed by atoms with E-state index >= 15 is 0 Å². The molecule has 3 aromatic rings. The molecule has 0 heterocycles. The second-order valence-corrected chi connectivity index (χ2v) is 8.13. The van der Waals surface area contributed by atoms with Crippen molar-refractivity contribution in [2.45, 2.75) is 11.4 Å². The van der Waals surface area contributed by atoms with Crippen LogP contribution in [0.1, 0.15) is 5.56 Å². The number of anilines is 2. The lowest BCUT2D eigenvalue weighted by molar-refractivity contribution is 0.262. The van der Waals surface area contributed by atoms with Crippen molar-refractivity contribution in [2.75, 3.05) is 10.6 Å². The van der Waals surface area contributed by atoms with Gasteiger partial charge in [0.25, 0.3) is 0 Å². The lowest BCUT2D eigenvalue weighted by atomic mass is 10.2. The van der Waals surface area contributed by atoms with Crippen LogP contribution in [0.15, 0.2) is 83.8 Å². The number of carbonyl (C=O) groups excluding carboxylic acids is 1. The van der Waals surface area contributed by atoms with Gasteiger partial charge in [-0.15, -0.1) is 0 Å². The molecule has 0 unspecified atom stereocenters. The Morgan fingerprint density at radius 1 is 0.821 bits per heavy atom. The van der Waals surface area contributed by atoms with Crippen LogP contribution < -0.4 is 15.4 Å². The van der Waals surface area contributed by atoms with Crippen LogP contribution in [0.3, 0.4) is 0 Å². The quantitative estimate of drug-likeness (QED) is 0.555. The average Bonchev–Trinajstić information content (AvgIpc) is 2.68. The van der Waals surface area contributed by atoms with E-state index in [1.165, 1.54) is 24.3 Å². The molecule has 0 bridgehead atoms. The van der Waals surface area contributed by atoms with Gasteiger partial charge in [-0.2, -0.15) is 0 Å². The zero-order valence-electron chi connectivity index (χ0n) is 14.7. The Balaban J connectivity index is 1.60. The molecule has 2 amide bonds. The van der Waals surface area contributed by atoms with Gasteiger partial charge in [0, 0.05) is 22.9 Å². The average molecular weight is 416 g/mol. The Kier molecular flexibility index (Phi) is 6.30. The summed E-state index contributed by atoms with van der Waals surface area (Å²) in [4.78, 5) is 12.2. The Bertz CT molecular complexity index is 1060. The molecule has 0 spiro atoms. The van der Waals surface area contributed by atoms with Crippen molar-refractivity contribution < 1.29 is 13.2 Å². The van der Waals surface area contributed by atoms with Crippen molar-refractivity contribution in [3.8, 4) is 0 Å². The van der Waals surface area contributed by atoms with E-state index in [4.69, 9.17) is 11.6 Å². The number of sulfonamides is 1. The molecule has 0 atom stereocenters. The van der Waals surface area contributed by atoms with Gasteiger partial charge in [0.1, 0.15) is 0 Å². The molecule has 3 rings (SSSR count). The van der Waals surface area contributed by atoms with Crippen molar-refractivity contribution >= 4 is 39.0 Å². The molecule has 0 saturated carbocycles. The molecule has 8 heteroatoms. The minimum Gasteiger partial charge on any atom is -0.308 e. The summed E-state index contributed by atoms with van der Waals surface area (Å²) >= 11 is 5.88. The van der Waals surface area contributed by atoms with E-state index in [1.807, 2.05) is 30.3 Å². The van der Waals surface area contributed by atoms with Crippen LogP contribution in [0.25, 0.3) is 0 Å². The number of nitrogens with one attached hydrogen (secondary N) is 3. The zero-order chi connectivity index (χ0) is 20.0. The summed E-state index contributed by atoms with van der Waals surface area (Å²) in [6.07, 6.45) is 0. The molecule has 3 aromatic carbocycles. The molecule has 3 N–H and O–H groups in total. The molecule has 28 heavy (non-hydrogen) atoms. The molecule has 0 aliphatic carbocycles. The maximum Gasteiger partial charge on any atom is 0.323 e. The van der Waals surface area contributed by atoms with Crippen LogP contribution in [-0.4, -0.2) is 14.4 Å². The van der Waals surface area contributed by atoms with Crippen LogP contribution in [0.2, 0.25) is 5.02 Å². The van der Waals surface area contributed by atoms with Crippen LogP contribution in [0.5, 0.6) is 0 Å². The summed E-state index contributed by atoms with van der Waals surface area (Å²) < 4.78 is 27.3. The number of halogens is 1. The van der Waals surface area contributed by atoms with E-state index in [9.17, 15) is 13.2 Å². The maximum absolute atomic E-state index is 12.4. The summed E-state index contributed by atoms with van der Waals surface area (Å²) in [5.41, 5.74) is 1.87. The summed E-state index contributed by atoms with van der Waals surface area (Å²) in [6.45, 7) is 0.200. The van der Waals surface area contributed by atoms with E-state index in [1.54, 1.807) is 24.3 Å². The highest BCUT2D eigenvalue weighted by molar-refractivity contribution is 7.89. The third-order valence-electron chi connectivity index (χ3n) is 3.81. The number of carbonyl (C=O) groups is 1. The Morgan fingerprint density at radius 3 is 2.18 bits per heavy atom. The van der Waals surface area contributed by atoms with Crippen LogP contribution >= 0.6 is 11.6 Å². The summed E-state index contributed by atoms with van der Waals surface area (Å²) in [5, 5.41) is 5.80.